The first-order valence-electron chi connectivity index (χ1n) is 8.39. The van der Waals surface area contributed by atoms with E-state index in [1.807, 2.05) is 39.0 Å². The van der Waals surface area contributed by atoms with Crippen LogP contribution < -0.4 is 11.1 Å². The molecule has 1 saturated heterocycles. The highest BCUT2D eigenvalue weighted by Crippen LogP contribution is 2.24. The van der Waals surface area contributed by atoms with Crippen LogP contribution in [0, 0.1) is 5.41 Å². The Labute approximate surface area is 179 Å². The second kappa shape index (κ2) is 10.9. The van der Waals surface area contributed by atoms with Crippen LogP contribution in [0.3, 0.4) is 0 Å². The van der Waals surface area contributed by atoms with E-state index >= 15 is 0 Å². The van der Waals surface area contributed by atoms with Crippen molar-refractivity contribution in [1.82, 2.24) is 10.2 Å². The van der Waals surface area contributed by atoms with E-state index in [9.17, 15) is 4.79 Å². The first-order valence-corrected chi connectivity index (χ1v) is 9.14. The number of carbonyl (C=O) groups excluding carboxylic acids is 1. The maximum Gasteiger partial charge on any atom is 0.237 e. The molecule has 2 rings (SSSR count). The molecule has 150 valence electrons. The van der Waals surface area contributed by atoms with Crippen LogP contribution in [-0.2, 0) is 11.3 Å². The van der Waals surface area contributed by atoms with Crippen molar-refractivity contribution in [2.75, 3.05) is 13.1 Å². The number of piperidine rings is 1. The lowest BCUT2D eigenvalue weighted by Gasteiger charge is -2.34. The van der Waals surface area contributed by atoms with Gasteiger partial charge in [-0.3, -0.25) is 9.69 Å². The second-order valence-corrected chi connectivity index (χ2v) is 8.47. The van der Waals surface area contributed by atoms with Gasteiger partial charge in [0.2, 0.25) is 5.91 Å². The molecule has 26 heavy (non-hydrogen) atoms. The lowest BCUT2D eigenvalue weighted by Crippen LogP contribution is -2.53. The Kier molecular flexibility index (Phi) is 10.8. The minimum Gasteiger partial charge on any atom is -0.352 e. The van der Waals surface area contributed by atoms with Crippen LogP contribution in [0.15, 0.2) is 18.2 Å². The molecule has 8 heteroatoms. The number of carbonyl (C=O) groups is 1. The molecule has 1 heterocycles. The third kappa shape index (κ3) is 7.41. The molecule has 1 aliphatic rings. The van der Waals surface area contributed by atoms with E-state index in [0.717, 1.165) is 38.0 Å². The molecular weight excluding hydrogens is 416 g/mol. The summed E-state index contributed by atoms with van der Waals surface area (Å²) in [7, 11) is 0. The van der Waals surface area contributed by atoms with E-state index in [0.29, 0.717) is 10.0 Å². The SMILES string of the molecule is CC(C)(C)[C@H](N)C(=O)NC1CCN(Cc2ccc(Cl)c(Cl)c2)CC1.Cl.Cl. The average molecular weight is 445 g/mol. The fraction of sp³-hybridized carbons (Fsp3) is 0.611. The number of nitrogens with two attached hydrogens (primary N) is 1. The Morgan fingerprint density at radius 2 is 1.81 bits per heavy atom. The summed E-state index contributed by atoms with van der Waals surface area (Å²) >= 11 is 12.0. The summed E-state index contributed by atoms with van der Waals surface area (Å²) in [4.78, 5) is 14.6. The number of likely N-dealkylation sites (tertiary alicyclic amines) is 1. The summed E-state index contributed by atoms with van der Waals surface area (Å²) in [5.41, 5.74) is 6.95. The molecule has 1 fully saturated rings. The Bertz CT molecular complexity index is 584. The van der Waals surface area contributed by atoms with E-state index in [2.05, 4.69) is 10.2 Å². The molecule has 0 bridgehead atoms. The smallest absolute Gasteiger partial charge is 0.237 e. The number of amides is 1. The quantitative estimate of drug-likeness (QED) is 0.727. The molecule has 0 aliphatic carbocycles. The molecule has 4 nitrogen and oxygen atoms in total. The lowest BCUT2D eigenvalue weighted by molar-refractivity contribution is -0.125. The van der Waals surface area contributed by atoms with E-state index < -0.39 is 6.04 Å². The van der Waals surface area contributed by atoms with Crippen molar-refractivity contribution in [2.45, 2.75) is 52.2 Å². The summed E-state index contributed by atoms with van der Waals surface area (Å²) in [5, 5.41) is 4.27. The Balaban J connectivity index is 0.00000312. The first kappa shape index (κ1) is 25.8. The number of benzene rings is 1. The number of nitrogens with one attached hydrogen (secondary N) is 1. The topological polar surface area (TPSA) is 58.4 Å². The van der Waals surface area contributed by atoms with Crippen LogP contribution in [0.2, 0.25) is 10.0 Å². The molecule has 0 unspecified atom stereocenters. The van der Waals surface area contributed by atoms with Crippen molar-refractivity contribution in [3.63, 3.8) is 0 Å². The molecule has 1 atom stereocenters. The highest BCUT2D eigenvalue weighted by Gasteiger charge is 2.29. The molecule has 0 aromatic heterocycles. The molecule has 1 aliphatic heterocycles. The van der Waals surface area contributed by atoms with Crippen LogP contribution in [-0.4, -0.2) is 36.0 Å². The summed E-state index contributed by atoms with van der Waals surface area (Å²) in [5.74, 6) is -0.0505. The van der Waals surface area contributed by atoms with Crippen molar-refractivity contribution in [2.24, 2.45) is 11.1 Å². The van der Waals surface area contributed by atoms with Crippen molar-refractivity contribution < 1.29 is 4.79 Å². The molecule has 1 aromatic carbocycles. The number of rotatable bonds is 4. The average Bonchev–Trinajstić information content (AvgIpc) is 2.51. The molecular formula is C18H29Cl4N3O. The molecule has 3 N–H and O–H groups in total. The van der Waals surface area contributed by atoms with Gasteiger partial charge in [0, 0.05) is 25.7 Å². The normalized spacial score (nSPS) is 17.0. The van der Waals surface area contributed by atoms with Crippen molar-refractivity contribution in [3.8, 4) is 0 Å². The summed E-state index contributed by atoms with van der Waals surface area (Å²) < 4.78 is 0. The Morgan fingerprint density at radius 1 is 1.23 bits per heavy atom. The van der Waals surface area contributed by atoms with Crippen LogP contribution >= 0.6 is 48.0 Å². The van der Waals surface area contributed by atoms with Gasteiger partial charge in [-0.15, -0.1) is 24.8 Å². The highest BCUT2D eigenvalue weighted by molar-refractivity contribution is 6.42. The van der Waals surface area contributed by atoms with E-state index in [4.69, 9.17) is 28.9 Å². The molecule has 0 radical (unpaired) electrons. The molecule has 1 amide bonds. The van der Waals surface area contributed by atoms with E-state index in [1.165, 1.54) is 0 Å². The lowest BCUT2D eigenvalue weighted by atomic mass is 9.86. The van der Waals surface area contributed by atoms with Gasteiger partial charge in [-0.2, -0.15) is 0 Å². The fourth-order valence-corrected chi connectivity index (χ4v) is 3.14. The first-order chi connectivity index (χ1) is 11.2. The van der Waals surface area contributed by atoms with E-state index in [-0.39, 0.29) is 42.2 Å². The second-order valence-electron chi connectivity index (χ2n) is 7.65. The van der Waals surface area contributed by atoms with Gasteiger partial charge in [0.1, 0.15) is 0 Å². The predicted molar refractivity (Wildman–Crippen MR) is 115 cm³/mol. The van der Waals surface area contributed by atoms with Gasteiger partial charge in [-0.25, -0.2) is 0 Å². The number of hydrogen-bond acceptors (Lipinski definition) is 3. The largest absolute Gasteiger partial charge is 0.352 e. The van der Waals surface area contributed by atoms with Crippen molar-refractivity contribution in [1.29, 1.82) is 0 Å². The Hall–Kier alpha value is -0.230. The third-order valence-corrected chi connectivity index (χ3v) is 5.28. The van der Waals surface area contributed by atoms with Crippen molar-refractivity contribution in [3.05, 3.63) is 33.8 Å². The van der Waals surface area contributed by atoms with Crippen LogP contribution in [0.25, 0.3) is 0 Å². The zero-order chi connectivity index (χ0) is 17.9. The molecule has 1 aromatic rings. The van der Waals surface area contributed by atoms with Crippen LogP contribution in [0.1, 0.15) is 39.2 Å². The van der Waals surface area contributed by atoms with Gasteiger partial charge in [-0.05, 0) is 36.0 Å². The van der Waals surface area contributed by atoms with Crippen molar-refractivity contribution >= 4 is 53.9 Å². The standard InChI is InChI=1S/C18H27Cl2N3O.2ClH/c1-18(2,3)16(21)17(24)22-13-6-8-23(9-7-13)11-12-4-5-14(19)15(20)10-12;;/h4-5,10,13,16H,6-9,11,21H2,1-3H3,(H,22,24);2*1H/t16-;;/m1../s1. The summed E-state index contributed by atoms with van der Waals surface area (Å²) in [6.07, 6.45) is 1.87. The van der Waals surface area contributed by atoms with Crippen LogP contribution in [0.5, 0.6) is 0 Å². The summed E-state index contributed by atoms with van der Waals surface area (Å²) in [6, 6.07) is 5.48. The monoisotopic (exact) mass is 443 g/mol. The third-order valence-electron chi connectivity index (χ3n) is 4.54. The molecule has 0 saturated carbocycles. The van der Waals surface area contributed by atoms with Gasteiger partial charge in [0.25, 0.3) is 0 Å². The number of halogens is 4. The zero-order valence-corrected chi connectivity index (χ0v) is 18.6. The fourth-order valence-electron chi connectivity index (χ4n) is 2.82. The predicted octanol–water partition coefficient (Wildman–Crippen LogP) is 4.29. The maximum atomic E-state index is 12.2. The molecule has 0 spiro atoms. The Morgan fingerprint density at radius 3 is 2.31 bits per heavy atom. The van der Waals surface area contributed by atoms with Gasteiger partial charge >= 0.3 is 0 Å². The minimum absolute atomic E-state index is 0. The van der Waals surface area contributed by atoms with E-state index in [1.54, 1.807) is 0 Å². The van der Waals surface area contributed by atoms with Crippen LogP contribution in [0.4, 0.5) is 0 Å². The van der Waals surface area contributed by atoms with Gasteiger partial charge < -0.3 is 11.1 Å². The summed E-state index contributed by atoms with van der Waals surface area (Å²) in [6.45, 7) is 8.68. The number of nitrogens with zero attached hydrogens (tertiary/aromatic N) is 1. The maximum absolute atomic E-state index is 12.2. The number of hydrogen-bond donors (Lipinski definition) is 2. The zero-order valence-electron chi connectivity index (χ0n) is 15.4. The van der Waals surface area contributed by atoms with Gasteiger partial charge in [-0.1, -0.05) is 50.0 Å². The van der Waals surface area contributed by atoms with Gasteiger partial charge in [0.15, 0.2) is 0 Å². The minimum atomic E-state index is -0.480. The highest BCUT2D eigenvalue weighted by atomic mass is 35.5. The van der Waals surface area contributed by atoms with Gasteiger partial charge in [0.05, 0.1) is 16.1 Å².